The van der Waals surface area contributed by atoms with Crippen LogP contribution in [0.15, 0.2) is 54.7 Å². The summed E-state index contributed by atoms with van der Waals surface area (Å²) in [5, 5.41) is 14.9. The van der Waals surface area contributed by atoms with Crippen LogP contribution in [0.5, 0.6) is 0 Å². The number of aromatic amines is 1. The van der Waals surface area contributed by atoms with Crippen molar-refractivity contribution in [1.82, 2.24) is 10.3 Å². The van der Waals surface area contributed by atoms with E-state index in [9.17, 15) is 27.9 Å². The van der Waals surface area contributed by atoms with Crippen LogP contribution >= 0.6 is 0 Å². The molecule has 5 nitrogen and oxygen atoms in total. The number of hydrogen-bond donors (Lipinski definition) is 2. The van der Waals surface area contributed by atoms with Crippen molar-refractivity contribution >= 4 is 22.8 Å². The van der Waals surface area contributed by atoms with E-state index in [4.69, 9.17) is 0 Å². The van der Waals surface area contributed by atoms with E-state index < -0.39 is 30.0 Å². The summed E-state index contributed by atoms with van der Waals surface area (Å²) in [5.41, 5.74) is 1.55. The Morgan fingerprint density at radius 1 is 1.03 bits per heavy atom. The topological polar surface area (TPSA) is 85.0 Å². The summed E-state index contributed by atoms with van der Waals surface area (Å²) < 4.78 is 38.2. The molecule has 30 heavy (non-hydrogen) atoms. The number of carbonyl (C=O) groups is 2. The number of halogens is 3. The van der Waals surface area contributed by atoms with E-state index in [2.05, 4.69) is 10.3 Å². The lowest BCUT2D eigenvalue weighted by atomic mass is 9.91. The molecule has 2 aromatic carbocycles. The maximum Gasteiger partial charge on any atom is 0.416 e. The summed E-state index contributed by atoms with van der Waals surface area (Å²) >= 11 is 0. The van der Waals surface area contributed by atoms with Gasteiger partial charge >= 0.3 is 6.18 Å². The van der Waals surface area contributed by atoms with Gasteiger partial charge in [0.05, 0.1) is 5.56 Å². The van der Waals surface area contributed by atoms with Crippen molar-refractivity contribution in [2.24, 2.45) is 0 Å². The highest BCUT2D eigenvalue weighted by molar-refractivity contribution is 5.83. The molecular formula is C22H20F3N2O3-. The number of para-hydroxylation sites is 1. The number of fused-ring (bicyclic) bond motifs is 1. The number of aliphatic carboxylic acids is 1. The van der Waals surface area contributed by atoms with Crippen LogP contribution < -0.4 is 10.4 Å². The number of carboxylic acids is 1. The van der Waals surface area contributed by atoms with Gasteiger partial charge in [-0.15, -0.1) is 0 Å². The van der Waals surface area contributed by atoms with E-state index in [-0.39, 0.29) is 12.3 Å². The lowest BCUT2D eigenvalue weighted by molar-refractivity contribution is -0.306. The maximum atomic E-state index is 12.7. The zero-order valence-corrected chi connectivity index (χ0v) is 16.0. The fourth-order valence-corrected chi connectivity index (χ4v) is 3.42. The first kappa shape index (κ1) is 21.4. The van der Waals surface area contributed by atoms with Crippen molar-refractivity contribution in [3.05, 3.63) is 71.4 Å². The van der Waals surface area contributed by atoms with Gasteiger partial charge in [-0.1, -0.05) is 30.3 Å². The first-order valence-corrected chi connectivity index (χ1v) is 9.42. The van der Waals surface area contributed by atoms with Crippen LogP contribution in [-0.2, 0) is 22.2 Å². The Balaban J connectivity index is 1.60. The molecule has 0 fully saturated rings. The third kappa shape index (κ3) is 5.40. The second-order valence-electron chi connectivity index (χ2n) is 7.06. The van der Waals surface area contributed by atoms with E-state index in [1.54, 1.807) is 0 Å². The van der Waals surface area contributed by atoms with Crippen LogP contribution in [-0.4, -0.2) is 23.4 Å². The minimum Gasteiger partial charge on any atom is -0.550 e. The van der Waals surface area contributed by atoms with Gasteiger partial charge in [0.15, 0.2) is 0 Å². The van der Waals surface area contributed by atoms with E-state index in [1.807, 2.05) is 30.5 Å². The number of carboxylic acid groups (broad SMARTS) is 1. The van der Waals surface area contributed by atoms with Gasteiger partial charge in [0.2, 0.25) is 5.91 Å². The van der Waals surface area contributed by atoms with Crippen LogP contribution in [0.1, 0.15) is 35.4 Å². The summed E-state index contributed by atoms with van der Waals surface area (Å²) in [6, 6.07) is 11.9. The molecular weight excluding hydrogens is 397 g/mol. The Morgan fingerprint density at radius 2 is 1.73 bits per heavy atom. The van der Waals surface area contributed by atoms with Crippen molar-refractivity contribution in [3.63, 3.8) is 0 Å². The normalized spacial score (nSPS) is 12.6. The number of benzene rings is 2. The lowest BCUT2D eigenvalue weighted by Gasteiger charge is -2.18. The highest BCUT2D eigenvalue weighted by Gasteiger charge is 2.30. The largest absolute Gasteiger partial charge is 0.550 e. The van der Waals surface area contributed by atoms with Gasteiger partial charge in [-0.2, -0.15) is 13.2 Å². The number of rotatable bonds is 8. The van der Waals surface area contributed by atoms with E-state index in [1.165, 1.54) is 12.1 Å². The molecule has 0 saturated heterocycles. The molecule has 2 N–H and O–H groups in total. The van der Waals surface area contributed by atoms with Gasteiger partial charge in [-0.25, -0.2) is 0 Å². The zero-order valence-electron chi connectivity index (χ0n) is 16.0. The van der Waals surface area contributed by atoms with Crippen molar-refractivity contribution in [2.45, 2.75) is 31.4 Å². The van der Waals surface area contributed by atoms with Gasteiger partial charge < -0.3 is 20.2 Å². The molecule has 158 valence electrons. The van der Waals surface area contributed by atoms with Crippen LogP contribution in [0.4, 0.5) is 13.2 Å². The second-order valence-corrected chi connectivity index (χ2v) is 7.06. The van der Waals surface area contributed by atoms with Gasteiger partial charge in [-0.3, -0.25) is 4.79 Å². The molecule has 0 aliphatic rings. The molecule has 1 atom stereocenters. The van der Waals surface area contributed by atoms with Gasteiger partial charge in [0, 0.05) is 36.0 Å². The second kappa shape index (κ2) is 9.02. The summed E-state index contributed by atoms with van der Waals surface area (Å²) in [4.78, 5) is 26.5. The minimum atomic E-state index is -4.48. The summed E-state index contributed by atoms with van der Waals surface area (Å²) in [7, 11) is 0. The van der Waals surface area contributed by atoms with E-state index in [0.717, 1.165) is 28.6 Å². The minimum absolute atomic E-state index is 0.159. The molecule has 0 spiro atoms. The van der Waals surface area contributed by atoms with Gasteiger partial charge in [0.1, 0.15) is 0 Å². The standard InChI is InChI=1S/C22H21F3N2O3/c23-22(24,25)17-7-5-14(6-8-17)16(12-21(29)30)11-20(28)26-10-9-15-13-27-19-4-2-1-3-18(15)19/h1-8,13,16,27H,9-12H2,(H,26,28)(H,29,30)/p-1/t16-/m1/s1. The quantitative estimate of drug-likeness (QED) is 0.591. The van der Waals surface area contributed by atoms with Crippen molar-refractivity contribution in [2.75, 3.05) is 6.54 Å². The first-order chi connectivity index (χ1) is 14.2. The Hall–Kier alpha value is -3.29. The highest BCUT2D eigenvalue weighted by atomic mass is 19.4. The van der Waals surface area contributed by atoms with Gasteiger partial charge in [-0.05, 0) is 48.1 Å². The summed E-state index contributed by atoms with van der Waals surface area (Å²) in [6.45, 7) is 0.353. The monoisotopic (exact) mass is 417 g/mol. The first-order valence-electron chi connectivity index (χ1n) is 9.42. The zero-order chi connectivity index (χ0) is 21.7. The molecule has 1 amide bonds. The number of nitrogens with one attached hydrogen (secondary N) is 2. The molecule has 0 radical (unpaired) electrons. The number of aromatic nitrogens is 1. The Kier molecular flexibility index (Phi) is 6.44. The SMILES string of the molecule is O=C([O-])C[C@@H](CC(=O)NCCc1c[nH]c2ccccc12)c1ccc(C(F)(F)F)cc1. The van der Waals surface area contributed by atoms with Crippen LogP contribution in [0.3, 0.4) is 0 Å². The summed E-state index contributed by atoms with van der Waals surface area (Å²) in [5.74, 6) is -2.52. The number of amides is 1. The van der Waals surface area contributed by atoms with Crippen LogP contribution in [0.25, 0.3) is 10.9 Å². The predicted molar refractivity (Wildman–Crippen MR) is 103 cm³/mol. The Bertz CT molecular complexity index is 1030. The number of alkyl halides is 3. The summed E-state index contributed by atoms with van der Waals surface area (Å²) in [6.07, 6.45) is -2.64. The Morgan fingerprint density at radius 3 is 2.40 bits per heavy atom. The molecule has 3 rings (SSSR count). The third-order valence-corrected chi connectivity index (χ3v) is 4.95. The highest BCUT2D eigenvalue weighted by Crippen LogP contribution is 2.31. The van der Waals surface area contributed by atoms with E-state index >= 15 is 0 Å². The molecule has 8 heteroatoms. The predicted octanol–water partition coefficient (Wildman–Crippen LogP) is 3.16. The third-order valence-electron chi connectivity index (χ3n) is 4.95. The lowest BCUT2D eigenvalue weighted by Crippen LogP contribution is -2.30. The van der Waals surface area contributed by atoms with Crippen molar-refractivity contribution < 1.29 is 27.9 Å². The molecule has 1 aromatic heterocycles. The number of carbonyl (C=O) groups excluding carboxylic acids is 2. The average molecular weight is 417 g/mol. The molecule has 3 aromatic rings. The van der Waals surface area contributed by atoms with Crippen LogP contribution in [0, 0.1) is 0 Å². The van der Waals surface area contributed by atoms with Crippen molar-refractivity contribution in [3.8, 4) is 0 Å². The average Bonchev–Trinajstić information content (AvgIpc) is 3.10. The number of H-pyrrole nitrogens is 1. The number of hydrogen-bond acceptors (Lipinski definition) is 3. The fraction of sp³-hybridized carbons (Fsp3) is 0.273. The maximum absolute atomic E-state index is 12.7. The molecule has 1 heterocycles. The van der Waals surface area contributed by atoms with Gasteiger partial charge in [0.25, 0.3) is 0 Å². The molecule has 0 unspecified atom stereocenters. The molecule has 0 aliphatic carbocycles. The van der Waals surface area contributed by atoms with E-state index in [0.29, 0.717) is 18.5 Å². The van der Waals surface area contributed by atoms with Crippen molar-refractivity contribution in [1.29, 1.82) is 0 Å². The smallest absolute Gasteiger partial charge is 0.416 e. The Labute approximate surface area is 170 Å². The van der Waals surface area contributed by atoms with Crippen LogP contribution in [0.2, 0.25) is 0 Å². The molecule has 0 saturated carbocycles. The molecule has 0 bridgehead atoms. The fourth-order valence-electron chi connectivity index (χ4n) is 3.42. The molecule has 0 aliphatic heterocycles.